The van der Waals surface area contributed by atoms with Gasteiger partial charge in [0.1, 0.15) is 22.9 Å². The summed E-state index contributed by atoms with van der Waals surface area (Å²) >= 11 is 0. The Hall–Kier alpha value is -4.19. The SMILES string of the molecule is CCN1CCN(C(=O)NCc2ccc(Nc3ncc(F)c(-c4cc(F)c5nc(C)n(C(C)C)c5c4)n3)cc2F)CC1. The van der Waals surface area contributed by atoms with E-state index in [9.17, 15) is 18.0 Å². The van der Waals surface area contributed by atoms with Crippen molar-refractivity contribution >= 4 is 28.7 Å². The lowest BCUT2D eigenvalue weighted by Crippen LogP contribution is -2.51. The number of fused-ring (bicyclic) bond motifs is 1. The predicted octanol–water partition coefficient (Wildman–Crippen LogP) is 5.39. The van der Waals surface area contributed by atoms with E-state index in [4.69, 9.17) is 0 Å². The molecule has 2 amide bonds. The van der Waals surface area contributed by atoms with Gasteiger partial charge in [-0.15, -0.1) is 0 Å². The molecule has 0 saturated carbocycles. The number of carbonyl (C=O) groups excluding carboxylic acids is 1. The van der Waals surface area contributed by atoms with Gasteiger partial charge in [0.05, 0.1) is 11.7 Å². The summed E-state index contributed by atoms with van der Waals surface area (Å²) in [6.07, 6.45) is 0.984. The number of amides is 2. The number of benzene rings is 2. The lowest BCUT2D eigenvalue weighted by atomic mass is 10.1. The highest BCUT2D eigenvalue weighted by Crippen LogP contribution is 2.30. The van der Waals surface area contributed by atoms with Crippen molar-refractivity contribution in [2.45, 2.75) is 40.3 Å². The molecule has 2 aromatic carbocycles. The fraction of sp³-hybridized carbons (Fsp3) is 0.379. The Bertz CT molecular complexity index is 1580. The molecule has 3 heterocycles. The van der Waals surface area contributed by atoms with Crippen LogP contribution >= 0.6 is 0 Å². The predicted molar refractivity (Wildman–Crippen MR) is 151 cm³/mol. The standard InChI is InChI=1S/C29H33F3N8O/c1-5-38-8-10-39(11-9-38)29(41)34-15-19-6-7-21(14-22(19)30)36-28-33-16-24(32)26(37-28)20-12-23(31)27-25(13-20)40(17(2)3)18(4)35-27/h6-7,12-14,16-17H,5,8-11,15H2,1-4H3,(H,34,41)(H,33,36,37). The summed E-state index contributed by atoms with van der Waals surface area (Å²) in [5.41, 5.74) is 1.52. The van der Waals surface area contributed by atoms with E-state index < -0.39 is 17.5 Å². The fourth-order valence-corrected chi connectivity index (χ4v) is 5.13. The van der Waals surface area contributed by atoms with Gasteiger partial charge in [-0.25, -0.2) is 32.9 Å². The first-order valence-electron chi connectivity index (χ1n) is 13.7. The highest BCUT2D eigenvalue weighted by atomic mass is 19.1. The van der Waals surface area contributed by atoms with Gasteiger partial charge in [-0.2, -0.15) is 0 Å². The molecule has 1 fully saturated rings. The number of nitrogens with one attached hydrogen (secondary N) is 2. The van der Waals surface area contributed by atoms with E-state index in [1.165, 1.54) is 12.1 Å². The molecule has 0 atom stereocenters. The van der Waals surface area contributed by atoms with Crippen molar-refractivity contribution in [2.24, 2.45) is 0 Å². The number of carbonyl (C=O) groups is 1. The van der Waals surface area contributed by atoms with Gasteiger partial charge in [-0.1, -0.05) is 13.0 Å². The molecule has 1 aliphatic heterocycles. The van der Waals surface area contributed by atoms with Gasteiger partial charge in [0.2, 0.25) is 5.95 Å². The number of rotatable bonds is 7. The highest BCUT2D eigenvalue weighted by molar-refractivity contribution is 5.83. The number of halogens is 3. The van der Waals surface area contributed by atoms with Gasteiger partial charge in [0.25, 0.3) is 0 Å². The molecular weight excluding hydrogens is 533 g/mol. The fourth-order valence-electron chi connectivity index (χ4n) is 5.13. The third kappa shape index (κ3) is 5.97. The van der Waals surface area contributed by atoms with Crippen molar-refractivity contribution in [3.8, 4) is 11.3 Å². The minimum atomic E-state index is -0.727. The van der Waals surface area contributed by atoms with Gasteiger partial charge in [0, 0.05) is 55.6 Å². The first-order valence-corrected chi connectivity index (χ1v) is 13.7. The maximum absolute atomic E-state index is 15.0. The number of nitrogens with zero attached hydrogens (tertiary/aromatic N) is 6. The first kappa shape index (κ1) is 28.3. The molecule has 0 aliphatic carbocycles. The van der Waals surface area contributed by atoms with E-state index in [-0.39, 0.29) is 41.3 Å². The zero-order chi connectivity index (χ0) is 29.3. The van der Waals surface area contributed by atoms with Gasteiger partial charge < -0.3 is 25.0 Å². The van der Waals surface area contributed by atoms with E-state index >= 15 is 0 Å². The highest BCUT2D eigenvalue weighted by Gasteiger charge is 2.21. The van der Waals surface area contributed by atoms with Crippen molar-refractivity contribution in [3.63, 3.8) is 0 Å². The van der Waals surface area contributed by atoms with Crippen molar-refractivity contribution in [3.05, 3.63) is 65.4 Å². The van der Waals surface area contributed by atoms with Gasteiger partial charge in [-0.3, -0.25) is 0 Å². The summed E-state index contributed by atoms with van der Waals surface area (Å²) in [5.74, 6) is -1.17. The summed E-state index contributed by atoms with van der Waals surface area (Å²) in [7, 11) is 0. The van der Waals surface area contributed by atoms with Crippen LogP contribution in [0.5, 0.6) is 0 Å². The molecular formula is C29H33F3N8O. The van der Waals surface area contributed by atoms with E-state index in [0.29, 0.717) is 35.7 Å². The molecule has 0 radical (unpaired) electrons. The molecule has 5 rings (SSSR count). The second-order valence-corrected chi connectivity index (χ2v) is 10.3. The molecule has 0 bridgehead atoms. The van der Waals surface area contributed by atoms with Crippen LogP contribution in [0.2, 0.25) is 0 Å². The number of likely N-dealkylation sites (N-methyl/N-ethyl adjacent to an activating group) is 1. The van der Waals surface area contributed by atoms with Gasteiger partial charge >= 0.3 is 6.03 Å². The Kier molecular flexibility index (Phi) is 8.11. The van der Waals surface area contributed by atoms with E-state index in [1.807, 2.05) is 18.4 Å². The minimum absolute atomic E-state index is 0.0159. The van der Waals surface area contributed by atoms with Crippen LogP contribution in [0.25, 0.3) is 22.3 Å². The molecule has 1 saturated heterocycles. The van der Waals surface area contributed by atoms with Crippen molar-refractivity contribution in [1.29, 1.82) is 0 Å². The second-order valence-electron chi connectivity index (χ2n) is 10.3. The van der Waals surface area contributed by atoms with Crippen LogP contribution < -0.4 is 10.6 Å². The molecule has 0 unspecified atom stereocenters. The lowest BCUT2D eigenvalue weighted by molar-refractivity contribution is 0.142. The van der Waals surface area contributed by atoms with Crippen LogP contribution in [-0.4, -0.2) is 68.1 Å². The van der Waals surface area contributed by atoms with Crippen LogP contribution in [0, 0.1) is 24.4 Å². The summed E-state index contributed by atoms with van der Waals surface area (Å²) in [6, 6.07) is 7.06. The average molecular weight is 567 g/mol. The molecule has 0 spiro atoms. The number of piperazine rings is 1. The normalized spacial score (nSPS) is 14.2. The third-order valence-corrected chi connectivity index (χ3v) is 7.30. The molecule has 1 aliphatic rings. The topological polar surface area (TPSA) is 91.2 Å². The van der Waals surface area contributed by atoms with E-state index in [1.54, 1.807) is 30.0 Å². The Morgan fingerprint density at radius 2 is 1.76 bits per heavy atom. The Morgan fingerprint density at radius 1 is 1.00 bits per heavy atom. The second kappa shape index (κ2) is 11.7. The summed E-state index contributed by atoms with van der Waals surface area (Å²) in [6.45, 7) is 11.7. The van der Waals surface area contributed by atoms with E-state index in [2.05, 4.69) is 37.4 Å². The number of aromatic nitrogens is 4. The molecule has 216 valence electrons. The number of anilines is 2. The van der Waals surface area contributed by atoms with Crippen molar-refractivity contribution in [1.82, 2.24) is 34.6 Å². The first-order chi connectivity index (χ1) is 19.6. The Labute approximate surface area is 236 Å². The Balaban J connectivity index is 1.31. The number of aryl methyl sites for hydroxylation is 1. The molecule has 4 aromatic rings. The maximum Gasteiger partial charge on any atom is 0.317 e. The molecule has 2 aromatic heterocycles. The van der Waals surface area contributed by atoms with Crippen molar-refractivity contribution in [2.75, 3.05) is 38.0 Å². The molecule has 12 heteroatoms. The van der Waals surface area contributed by atoms with Crippen molar-refractivity contribution < 1.29 is 18.0 Å². The third-order valence-electron chi connectivity index (χ3n) is 7.30. The molecule has 41 heavy (non-hydrogen) atoms. The average Bonchev–Trinajstić information content (AvgIpc) is 3.30. The van der Waals surface area contributed by atoms with Crippen LogP contribution in [0.3, 0.4) is 0 Å². The number of urea groups is 1. The van der Waals surface area contributed by atoms with Crippen LogP contribution in [0.1, 0.15) is 38.2 Å². The maximum atomic E-state index is 15.0. The number of hydrogen-bond donors (Lipinski definition) is 2. The summed E-state index contributed by atoms with van der Waals surface area (Å²) in [5, 5.41) is 5.66. The number of imidazole rings is 1. The van der Waals surface area contributed by atoms with Crippen LogP contribution in [0.15, 0.2) is 36.5 Å². The zero-order valence-corrected chi connectivity index (χ0v) is 23.5. The van der Waals surface area contributed by atoms with Gasteiger partial charge in [0.15, 0.2) is 11.6 Å². The minimum Gasteiger partial charge on any atom is -0.334 e. The quantitative estimate of drug-likeness (QED) is 0.312. The number of hydrogen-bond acceptors (Lipinski definition) is 6. The summed E-state index contributed by atoms with van der Waals surface area (Å²) < 4.78 is 46.6. The van der Waals surface area contributed by atoms with Crippen LogP contribution in [-0.2, 0) is 6.54 Å². The largest absolute Gasteiger partial charge is 0.334 e. The van der Waals surface area contributed by atoms with Crippen LogP contribution in [0.4, 0.5) is 29.6 Å². The zero-order valence-electron chi connectivity index (χ0n) is 23.5. The summed E-state index contributed by atoms with van der Waals surface area (Å²) in [4.78, 5) is 29.0. The van der Waals surface area contributed by atoms with Gasteiger partial charge in [-0.05, 0) is 51.6 Å². The van der Waals surface area contributed by atoms with E-state index in [0.717, 1.165) is 25.8 Å². The molecule has 2 N–H and O–H groups in total. The molecule has 9 nitrogen and oxygen atoms in total. The smallest absolute Gasteiger partial charge is 0.317 e. The lowest BCUT2D eigenvalue weighted by Gasteiger charge is -2.34. The monoisotopic (exact) mass is 566 g/mol. The Morgan fingerprint density at radius 3 is 2.44 bits per heavy atom.